The minimum Gasteiger partial charge on any atom is -0.490 e. The number of anilines is 1. The molecule has 0 saturated carbocycles. The summed E-state index contributed by atoms with van der Waals surface area (Å²) in [6.07, 6.45) is 0.995. The highest BCUT2D eigenvalue weighted by atomic mass is 35.5. The first-order valence-electron chi connectivity index (χ1n) is 13.9. The van der Waals surface area contributed by atoms with Crippen molar-refractivity contribution in [1.82, 2.24) is 14.8 Å². The summed E-state index contributed by atoms with van der Waals surface area (Å²) in [7, 11) is 0. The molecule has 1 atom stereocenters. The molecule has 1 aliphatic rings. The zero-order valence-electron chi connectivity index (χ0n) is 23.8. The number of esters is 1. The van der Waals surface area contributed by atoms with Crippen molar-refractivity contribution in [2.45, 2.75) is 51.6 Å². The lowest BCUT2D eigenvalue weighted by Crippen LogP contribution is -2.29. The van der Waals surface area contributed by atoms with E-state index in [-0.39, 0.29) is 6.61 Å². The minimum atomic E-state index is -0.586. The number of carbonyl (C=O) groups excluding carboxylic acids is 1. The van der Waals surface area contributed by atoms with E-state index >= 15 is 0 Å². The van der Waals surface area contributed by atoms with Crippen molar-refractivity contribution in [3.8, 4) is 11.5 Å². The molecule has 2 heterocycles. The van der Waals surface area contributed by atoms with Crippen LogP contribution in [0.25, 0.3) is 0 Å². The Hall–Kier alpha value is -3.95. The number of halogens is 1. The zero-order chi connectivity index (χ0) is 29.5. The van der Waals surface area contributed by atoms with E-state index in [9.17, 15) is 4.79 Å². The molecule has 8 nitrogen and oxygen atoms in total. The molecule has 1 aliphatic heterocycles. The average molecular weight is 605 g/mol. The molecular weight excluding hydrogens is 572 g/mol. The predicted octanol–water partition coefficient (Wildman–Crippen LogP) is 7.44. The van der Waals surface area contributed by atoms with Crippen LogP contribution in [-0.4, -0.2) is 33.1 Å². The fourth-order valence-electron chi connectivity index (χ4n) is 4.58. The lowest BCUT2D eigenvalue weighted by atomic mass is 9.95. The molecule has 0 spiro atoms. The maximum absolute atomic E-state index is 13.7. The first kappa shape index (κ1) is 29.5. The third-order valence-corrected chi connectivity index (χ3v) is 7.89. The van der Waals surface area contributed by atoms with E-state index < -0.39 is 12.0 Å². The fraction of sp³-hybridized carbons (Fsp3) is 0.281. The highest BCUT2D eigenvalue weighted by Gasteiger charge is 2.36. The second-order valence-corrected chi connectivity index (χ2v) is 11.2. The Balaban J connectivity index is 1.48. The number of ether oxygens (including phenoxy) is 3. The standard InChI is InChI=1S/C32H33ClN4O4S/c1-4-17-42-32-35-31-34-21(3)28(30(38)41-20-22-9-7-6-8-10-22)29(37(31)36-32)24-13-16-26(27(18-24)39-5-2)40-19-23-11-14-25(33)15-12-23/h6-16,18,29H,4-5,17,19-20H2,1-3H3,(H,34,35,36). The van der Waals surface area contributed by atoms with Crippen LogP contribution in [0.1, 0.15) is 49.9 Å². The van der Waals surface area contributed by atoms with Gasteiger partial charge in [0.2, 0.25) is 11.1 Å². The first-order chi connectivity index (χ1) is 20.5. The van der Waals surface area contributed by atoms with E-state index in [0.29, 0.717) is 52.1 Å². The summed E-state index contributed by atoms with van der Waals surface area (Å²) >= 11 is 7.61. The number of hydrogen-bond donors (Lipinski definition) is 1. The van der Waals surface area contributed by atoms with Gasteiger partial charge in [-0.2, -0.15) is 4.98 Å². The van der Waals surface area contributed by atoms with Crippen molar-refractivity contribution in [2.24, 2.45) is 0 Å². The molecular formula is C32H33ClN4O4S. The van der Waals surface area contributed by atoms with Gasteiger partial charge in [-0.05, 0) is 61.2 Å². The summed E-state index contributed by atoms with van der Waals surface area (Å²) in [5.41, 5.74) is 3.79. The number of fused-ring (bicyclic) bond motifs is 1. The molecule has 0 saturated heterocycles. The normalized spacial score (nSPS) is 14.2. The van der Waals surface area contributed by atoms with Gasteiger partial charge in [-0.25, -0.2) is 9.48 Å². The van der Waals surface area contributed by atoms with Crippen LogP contribution >= 0.6 is 23.4 Å². The van der Waals surface area contributed by atoms with Gasteiger partial charge in [-0.1, -0.05) is 78.8 Å². The SMILES string of the molecule is CCCSc1nc2n(n1)C(c1ccc(OCc3ccc(Cl)cc3)c(OCC)c1)C(C(=O)OCc1ccccc1)=C(C)N2. The Morgan fingerprint density at radius 3 is 2.48 bits per heavy atom. The zero-order valence-corrected chi connectivity index (χ0v) is 25.4. The van der Waals surface area contributed by atoms with Gasteiger partial charge in [-0.15, -0.1) is 5.10 Å². The molecule has 1 unspecified atom stereocenters. The van der Waals surface area contributed by atoms with Crippen LogP contribution in [0.2, 0.25) is 5.02 Å². The van der Waals surface area contributed by atoms with Crippen molar-refractivity contribution in [3.05, 3.63) is 106 Å². The average Bonchev–Trinajstić information content (AvgIpc) is 3.41. The van der Waals surface area contributed by atoms with Crippen molar-refractivity contribution < 1.29 is 19.0 Å². The molecule has 0 aliphatic carbocycles. The Kier molecular flexibility index (Phi) is 9.71. The third-order valence-electron chi connectivity index (χ3n) is 6.59. The van der Waals surface area contributed by atoms with E-state index in [1.807, 2.05) is 86.6 Å². The molecule has 4 aromatic rings. The molecule has 1 N–H and O–H groups in total. The number of thioether (sulfide) groups is 1. The summed E-state index contributed by atoms with van der Waals surface area (Å²) < 4.78 is 19.7. The van der Waals surface area contributed by atoms with Crippen molar-refractivity contribution >= 4 is 35.3 Å². The van der Waals surface area contributed by atoms with Gasteiger partial charge in [0.15, 0.2) is 11.5 Å². The molecule has 0 radical (unpaired) electrons. The predicted molar refractivity (Wildman–Crippen MR) is 165 cm³/mol. The lowest BCUT2D eigenvalue weighted by molar-refractivity contribution is -0.140. The number of benzene rings is 3. The quantitative estimate of drug-likeness (QED) is 0.132. The van der Waals surface area contributed by atoms with Gasteiger partial charge in [0.05, 0.1) is 12.2 Å². The van der Waals surface area contributed by atoms with Crippen LogP contribution in [0.4, 0.5) is 5.95 Å². The number of allylic oxidation sites excluding steroid dienone is 1. The van der Waals surface area contributed by atoms with Crippen LogP contribution in [-0.2, 0) is 22.7 Å². The molecule has 0 bridgehead atoms. The first-order valence-corrected chi connectivity index (χ1v) is 15.2. The smallest absolute Gasteiger partial charge is 0.338 e. The Labute approximate surface area is 255 Å². The van der Waals surface area contributed by atoms with Gasteiger partial charge in [0.1, 0.15) is 19.3 Å². The highest BCUT2D eigenvalue weighted by molar-refractivity contribution is 7.99. The van der Waals surface area contributed by atoms with E-state index in [0.717, 1.165) is 28.9 Å². The molecule has 1 aromatic heterocycles. The van der Waals surface area contributed by atoms with Gasteiger partial charge < -0.3 is 19.5 Å². The van der Waals surface area contributed by atoms with E-state index in [1.165, 1.54) is 0 Å². The summed E-state index contributed by atoms with van der Waals surface area (Å²) in [5, 5.41) is 9.38. The lowest BCUT2D eigenvalue weighted by Gasteiger charge is -2.28. The summed E-state index contributed by atoms with van der Waals surface area (Å²) in [4.78, 5) is 18.4. The van der Waals surface area contributed by atoms with E-state index in [1.54, 1.807) is 16.4 Å². The largest absolute Gasteiger partial charge is 0.490 e. The number of nitrogens with zero attached hydrogens (tertiary/aromatic N) is 3. The number of rotatable bonds is 12. The number of nitrogens with one attached hydrogen (secondary N) is 1. The van der Waals surface area contributed by atoms with Crippen LogP contribution in [0.3, 0.4) is 0 Å². The Morgan fingerprint density at radius 2 is 1.74 bits per heavy atom. The van der Waals surface area contributed by atoms with Crippen molar-refractivity contribution in [1.29, 1.82) is 0 Å². The van der Waals surface area contributed by atoms with Crippen LogP contribution < -0.4 is 14.8 Å². The Morgan fingerprint density at radius 1 is 0.976 bits per heavy atom. The Bertz CT molecular complexity index is 1560. The van der Waals surface area contributed by atoms with E-state index in [4.69, 9.17) is 35.9 Å². The summed E-state index contributed by atoms with van der Waals surface area (Å²) in [6.45, 7) is 6.85. The topological polar surface area (TPSA) is 87.5 Å². The highest BCUT2D eigenvalue weighted by Crippen LogP contribution is 2.40. The number of carbonyl (C=O) groups is 1. The van der Waals surface area contributed by atoms with Crippen molar-refractivity contribution in [3.63, 3.8) is 0 Å². The summed E-state index contributed by atoms with van der Waals surface area (Å²) in [5.74, 6) is 2.19. The molecule has 218 valence electrons. The van der Waals surface area contributed by atoms with Crippen LogP contribution in [0, 0.1) is 0 Å². The molecule has 5 rings (SSSR count). The molecule has 42 heavy (non-hydrogen) atoms. The molecule has 0 amide bonds. The maximum Gasteiger partial charge on any atom is 0.338 e. The van der Waals surface area contributed by atoms with Crippen molar-refractivity contribution in [2.75, 3.05) is 17.7 Å². The van der Waals surface area contributed by atoms with Gasteiger partial charge >= 0.3 is 5.97 Å². The maximum atomic E-state index is 13.7. The van der Waals surface area contributed by atoms with Gasteiger partial charge in [-0.3, -0.25) is 0 Å². The second-order valence-electron chi connectivity index (χ2n) is 9.69. The van der Waals surface area contributed by atoms with Crippen LogP contribution in [0.5, 0.6) is 11.5 Å². The van der Waals surface area contributed by atoms with Crippen LogP contribution in [0.15, 0.2) is 89.2 Å². The monoisotopic (exact) mass is 604 g/mol. The van der Waals surface area contributed by atoms with E-state index in [2.05, 4.69) is 12.2 Å². The third kappa shape index (κ3) is 6.91. The number of hydrogen-bond acceptors (Lipinski definition) is 8. The molecule has 10 heteroatoms. The molecule has 0 fully saturated rings. The van der Waals surface area contributed by atoms with Gasteiger partial charge in [0, 0.05) is 16.5 Å². The minimum absolute atomic E-state index is 0.159. The second kappa shape index (κ2) is 13.8. The summed E-state index contributed by atoms with van der Waals surface area (Å²) in [6, 6.07) is 22.2. The fourth-order valence-corrected chi connectivity index (χ4v) is 5.39. The molecule has 3 aromatic carbocycles. The van der Waals surface area contributed by atoms with Gasteiger partial charge in [0.25, 0.3) is 0 Å². The number of aromatic nitrogens is 3.